The van der Waals surface area contributed by atoms with E-state index in [-0.39, 0.29) is 16.8 Å². The maximum Gasteiger partial charge on any atom is 0.285 e. The minimum absolute atomic E-state index is 0.0641. The SMILES string of the molecule is CN1CCN(C(=NS(=O)(=O)c2ccc(F)cc2)N2CC(c3ccccc3)C(c3cccnc3)=N2)CC1. The summed E-state index contributed by atoms with van der Waals surface area (Å²) >= 11 is 0. The molecule has 2 aromatic carbocycles. The molecule has 10 heteroatoms. The lowest BCUT2D eigenvalue weighted by Crippen LogP contribution is -2.51. The van der Waals surface area contributed by atoms with Crippen molar-refractivity contribution in [3.63, 3.8) is 0 Å². The third-order valence-corrected chi connectivity index (χ3v) is 7.68. The van der Waals surface area contributed by atoms with Crippen LogP contribution in [0.5, 0.6) is 0 Å². The average Bonchev–Trinajstić information content (AvgIpc) is 3.35. The number of benzene rings is 2. The van der Waals surface area contributed by atoms with Gasteiger partial charge in [0.2, 0.25) is 5.96 Å². The van der Waals surface area contributed by atoms with Crippen LogP contribution in [-0.2, 0) is 10.0 Å². The third-order valence-electron chi connectivity index (χ3n) is 6.40. The maximum absolute atomic E-state index is 13.4. The molecule has 36 heavy (non-hydrogen) atoms. The molecule has 5 rings (SSSR count). The number of sulfonamides is 1. The smallest absolute Gasteiger partial charge is 0.285 e. The van der Waals surface area contributed by atoms with Gasteiger partial charge in [-0.15, -0.1) is 4.40 Å². The number of hydrogen-bond donors (Lipinski definition) is 0. The van der Waals surface area contributed by atoms with Crippen molar-refractivity contribution < 1.29 is 12.8 Å². The molecule has 0 radical (unpaired) electrons. The zero-order valence-corrected chi connectivity index (χ0v) is 20.7. The number of guanidine groups is 1. The summed E-state index contributed by atoms with van der Waals surface area (Å²) in [6.07, 6.45) is 3.47. The average molecular weight is 507 g/mol. The number of nitrogens with zero attached hydrogens (tertiary/aromatic N) is 6. The Labute approximate surface area is 210 Å². The van der Waals surface area contributed by atoms with E-state index < -0.39 is 15.8 Å². The normalized spacial score (nSPS) is 19.4. The topological polar surface area (TPSA) is 81.5 Å². The molecule has 0 saturated carbocycles. The fourth-order valence-corrected chi connectivity index (χ4v) is 5.40. The summed E-state index contributed by atoms with van der Waals surface area (Å²) in [5.41, 5.74) is 2.74. The van der Waals surface area contributed by atoms with E-state index in [1.165, 1.54) is 12.1 Å². The second-order valence-electron chi connectivity index (χ2n) is 8.88. The lowest BCUT2D eigenvalue weighted by molar-refractivity contribution is 0.198. The third kappa shape index (κ3) is 5.14. The van der Waals surface area contributed by atoms with Gasteiger partial charge in [-0.05, 0) is 49.0 Å². The summed E-state index contributed by atoms with van der Waals surface area (Å²) in [5, 5.41) is 6.59. The zero-order valence-electron chi connectivity index (χ0n) is 19.9. The number of halogens is 1. The van der Waals surface area contributed by atoms with Crippen molar-refractivity contribution in [1.29, 1.82) is 0 Å². The molecule has 1 saturated heterocycles. The van der Waals surface area contributed by atoms with Gasteiger partial charge in [-0.3, -0.25) is 4.98 Å². The van der Waals surface area contributed by atoms with Gasteiger partial charge in [0.1, 0.15) is 5.82 Å². The van der Waals surface area contributed by atoms with Crippen molar-refractivity contribution >= 4 is 21.7 Å². The highest BCUT2D eigenvalue weighted by atomic mass is 32.2. The van der Waals surface area contributed by atoms with Gasteiger partial charge >= 0.3 is 0 Å². The van der Waals surface area contributed by atoms with Crippen LogP contribution in [0.3, 0.4) is 0 Å². The predicted molar refractivity (Wildman–Crippen MR) is 137 cm³/mol. The van der Waals surface area contributed by atoms with Crippen molar-refractivity contribution in [2.75, 3.05) is 39.8 Å². The Morgan fingerprint density at radius 1 is 0.972 bits per heavy atom. The van der Waals surface area contributed by atoms with Gasteiger partial charge < -0.3 is 9.80 Å². The van der Waals surface area contributed by atoms with Crippen LogP contribution in [0.2, 0.25) is 0 Å². The van der Waals surface area contributed by atoms with Crippen molar-refractivity contribution in [3.05, 3.63) is 96.1 Å². The number of aromatic nitrogens is 1. The Bertz CT molecular complexity index is 1360. The van der Waals surface area contributed by atoms with E-state index in [1.807, 2.05) is 54.4 Å². The highest BCUT2D eigenvalue weighted by molar-refractivity contribution is 7.90. The summed E-state index contributed by atoms with van der Waals surface area (Å²) in [6.45, 7) is 3.19. The van der Waals surface area contributed by atoms with Crippen LogP contribution in [0.25, 0.3) is 0 Å². The van der Waals surface area contributed by atoms with Gasteiger partial charge in [-0.1, -0.05) is 30.3 Å². The highest BCUT2D eigenvalue weighted by Crippen LogP contribution is 2.30. The summed E-state index contributed by atoms with van der Waals surface area (Å²) in [5.74, 6) is -0.331. The number of hydrazone groups is 1. The van der Waals surface area contributed by atoms with Gasteiger partial charge in [0.05, 0.1) is 17.2 Å². The fourth-order valence-electron chi connectivity index (χ4n) is 4.39. The second-order valence-corrected chi connectivity index (χ2v) is 10.5. The Morgan fingerprint density at radius 2 is 1.69 bits per heavy atom. The van der Waals surface area contributed by atoms with Crippen LogP contribution in [0, 0.1) is 5.82 Å². The number of hydrogen-bond acceptors (Lipinski definition) is 5. The van der Waals surface area contributed by atoms with Crippen molar-refractivity contribution in [2.24, 2.45) is 9.50 Å². The molecule has 0 bridgehead atoms. The van der Waals surface area contributed by atoms with E-state index in [2.05, 4.69) is 14.3 Å². The molecular formula is C26H27FN6O2S. The van der Waals surface area contributed by atoms with Crippen LogP contribution >= 0.6 is 0 Å². The van der Waals surface area contributed by atoms with E-state index in [1.54, 1.807) is 17.4 Å². The van der Waals surface area contributed by atoms with Crippen LogP contribution < -0.4 is 0 Å². The molecule has 0 spiro atoms. The fraction of sp³-hybridized carbons (Fsp3) is 0.269. The molecule has 1 fully saturated rings. The van der Waals surface area contributed by atoms with Crippen molar-refractivity contribution in [1.82, 2.24) is 19.8 Å². The monoisotopic (exact) mass is 506 g/mol. The van der Waals surface area contributed by atoms with Gasteiger partial charge in [0.25, 0.3) is 10.0 Å². The first kappa shape index (κ1) is 24.1. The Hall–Kier alpha value is -3.63. The van der Waals surface area contributed by atoms with Gasteiger partial charge in [0.15, 0.2) is 0 Å². The summed E-state index contributed by atoms with van der Waals surface area (Å²) in [4.78, 5) is 8.34. The molecule has 1 atom stereocenters. The molecule has 2 aliphatic rings. The zero-order chi connectivity index (χ0) is 25.1. The summed E-state index contributed by atoms with van der Waals surface area (Å²) in [7, 11) is -2.07. The first-order chi connectivity index (χ1) is 17.4. The van der Waals surface area contributed by atoms with Crippen LogP contribution in [-0.4, -0.2) is 79.7 Å². The largest absolute Gasteiger partial charge is 0.338 e. The van der Waals surface area contributed by atoms with Gasteiger partial charge in [0, 0.05) is 50.1 Å². The number of pyridine rings is 1. The summed E-state index contributed by atoms with van der Waals surface area (Å²) in [6, 6.07) is 18.5. The lowest BCUT2D eigenvalue weighted by atomic mass is 9.91. The maximum atomic E-state index is 13.4. The van der Waals surface area contributed by atoms with E-state index in [0.717, 1.165) is 42.1 Å². The van der Waals surface area contributed by atoms with Crippen LogP contribution in [0.4, 0.5) is 4.39 Å². The lowest BCUT2D eigenvalue weighted by Gasteiger charge is -2.36. The number of likely N-dealkylation sites (N-methyl/N-ethyl adjacent to an activating group) is 1. The quantitative estimate of drug-likeness (QED) is 0.400. The molecule has 186 valence electrons. The molecule has 3 heterocycles. The Balaban J connectivity index is 1.58. The molecular weight excluding hydrogens is 479 g/mol. The Kier molecular flexibility index (Phi) is 6.80. The number of rotatable bonds is 4. The first-order valence-electron chi connectivity index (χ1n) is 11.8. The summed E-state index contributed by atoms with van der Waals surface area (Å²) < 4.78 is 44.3. The molecule has 8 nitrogen and oxygen atoms in total. The van der Waals surface area contributed by atoms with Crippen molar-refractivity contribution in [2.45, 2.75) is 10.8 Å². The molecule has 1 aromatic heterocycles. The van der Waals surface area contributed by atoms with E-state index >= 15 is 0 Å². The first-order valence-corrected chi connectivity index (χ1v) is 13.2. The van der Waals surface area contributed by atoms with Crippen molar-refractivity contribution in [3.8, 4) is 0 Å². The standard InChI is InChI=1S/C26H27FN6O2S/c1-31-14-16-32(17-15-31)26(30-36(34,35)23-11-9-22(27)10-12-23)33-19-24(20-6-3-2-4-7-20)25(29-33)21-8-5-13-28-18-21/h2-13,18,24H,14-17,19H2,1H3. The van der Waals surface area contributed by atoms with E-state index in [4.69, 9.17) is 5.10 Å². The second kappa shape index (κ2) is 10.2. The van der Waals surface area contributed by atoms with Crippen LogP contribution in [0.1, 0.15) is 17.0 Å². The molecule has 0 N–H and O–H groups in total. The molecule has 1 unspecified atom stereocenters. The van der Waals surface area contributed by atoms with E-state index in [9.17, 15) is 12.8 Å². The molecule has 2 aliphatic heterocycles. The predicted octanol–water partition coefficient (Wildman–Crippen LogP) is 3.02. The number of piperazine rings is 1. The van der Waals surface area contributed by atoms with Gasteiger partial charge in [-0.2, -0.15) is 13.5 Å². The molecule has 0 aliphatic carbocycles. The molecule has 3 aromatic rings. The minimum Gasteiger partial charge on any atom is -0.338 e. The van der Waals surface area contributed by atoms with E-state index in [0.29, 0.717) is 19.6 Å². The Morgan fingerprint density at radius 3 is 2.36 bits per heavy atom. The van der Waals surface area contributed by atoms with Gasteiger partial charge in [-0.25, -0.2) is 9.40 Å². The minimum atomic E-state index is -4.10. The molecule has 0 amide bonds. The highest BCUT2D eigenvalue weighted by Gasteiger charge is 2.35. The van der Waals surface area contributed by atoms with Crippen LogP contribution in [0.15, 0.2) is 93.5 Å².